The molecule has 0 bridgehead atoms. The van der Waals surface area contributed by atoms with Gasteiger partial charge >= 0.3 is 5.69 Å². The second-order valence-electron chi connectivity index (χ2n) is 5.96. The van der Waals surface area contributed by atoms with E-state index in [1.165, 1.54) is 0 Å². The monoisotopic (exact) mass is 422 g/mol. The van der Waals surface area contributed by atoms with Crippen molar-refractivity contribution in [2.24, 2.45) is 0 Å². The van der Waals surface area contributed by atoms with E-state index in [9.17, 15) is 4.79 Å². The van der Waals surface area contributed by atoms with E-state index in [0.29, 0.717) is 18.2 Å². The number of halogens is 2. The molecule has 1 aromatic carbocycles. The highest BCUT2D eigenvalue weighted by Crippen LogP contribution is 2.31. The molecule has 1 aliphatic rings. The third-order valence-corrected chi connectivity index (χ3v) is 5.11. The van der Waals surface area contributed by atoms with Gasteiger partial charge in [0.05, 0.1) is 22.8 Å². The van der Waals surface area contributed by atoms with Gasteiger partial charge in [0.2, 0.25) is 0 Å². The fraction of sp³-hybridized carbons (Fsp3) is 0.312. The molecule has 3 aromatic rings. The molecule has 2 N–H and O–H groups in total. The molecule has 130 valence electrons. The van der Waals surface area contributed by atoms with E-state index in [-0.39, 0.29) is 11.7 Å². The van der Waals surface area contributed by atoms with Crippen LogP contribution >= 0.6 is 27.5 Å². The van der Waals surface area contributed by atoms with Gasteiger partial charge in [-0.05, 0) is 25.1 Å². The number of aromatic nitrogens is 4. The van der Waals surface area contributed by atoms with Crippen molar-refractivity contribution in [1.82, 2.24) is 19.7 Å². The Morgan fingerprint density at radius 2 is 2.16 bits per heavy atom. The number of hydrogen-bond acceptors (Lipinski definition) is 5. The number of nitrogens with zero attached hydrogens (tertiary/aromatic N) is 4. The van der Waals surface area contributed by atoms with E-state index in [4.69, 9.17) is 11.6 Å². The van der Waals surface area contributed by atoms with Crippen molar-refractivity contribution in [3.05, 3.63) is 44.4 Å². The average Bonchev–Trinajstić information content (AvgIpc) is 2.85. The number of nitrogens with one attached hydrogen (secondary N) is 2. The molecule has 0 spiro atoms. The Morgan fingerprint density at radius 1 is 1.36 bits per heavy atom. The van der Waals surface area contributed by atoms with E-state index < -0.39 is 0 Å². The van der Waals surface area contributed by atoms with Crippen molar-refractivity contribution >= 4 is 50.1 Å². The largest absolute Gasteiger partial charge is 0.383 e. The number of rotatable bonds is 4. The lowest BCUT2D eigenvalue weighted by molar-refractivity contribution is 0.396. The molecule has 7 nitrogen and oxygen atoms in total. The minimum atomic E-state index is -0.0896. The SMILES string of the molecule is CCNc1cc(N2CC(n3c(=O)[nH]c4ccc(Br)cc43)C2)nnc1Cl. The summed E-state index contributed by atoms with van der Waals surface area (Å²) in [4.78, 5) is 17.3. The fourth-order valence-electron chi connectivity index (χ4n) is 3.10. The van der Waals surface area contributed by atoms with Crippen LogP contribution in [0.3, 0.4) is 0 Å². The zero-order chi connectivity index (χ0) is 17.6. The quantitative estimate of drug-likeness (QED) is 0.674. The van der Waals surface area contributed by atoms with Crippen molar-refractivity contribution in [2.45, 2.75) is 13.0 Å². The number of aromatic amines is 1. The van der Waals surface area contributed by atoms with Crippen LogP contribution in [0.4, 0.5) is 11.5 Å². The van der Waals surface area contributed by atoms with Crippen LogP contribution in [-0.4, -0.2) is 39.4 Å². The van der Waals surface area contributed by atoms with E-state index in [1.807, 2.05) is 35.8 Å². The lowest BCUT2D eigenvalue weighted by Gasteiger charge is -2.40. The van der Waals surface area contributed by atoms with Gasteiger partial charge in [-0.2, -0.15) is 0 Å². The number of hydrogen-bond donors (Lipinski definition) is 2. The van der Waals surface area contributed by atoms with Crippen molar-refractivity contribution in [1.29, 1.82) is 0 Å². The molecule has 1 aliphatic heterocycles. The second kappa shape index (κ2) is 6.34. The Balaban J connectivity index is 1.58. The minimum Gasteiger partial charge on any atom is -0.383 e. The predicted octanol–water partition coefficient (Wildman–Crippen LogP) is 3.03. The maximum Gasteiger partial charge on any atom is 0.326 e. The number of H-pyrrole nitrogens is 1. The van der Waals surface area contributed by atoms with Crippen LogP contribution in [0.25, 0.3) is 11.0 Å². The standard InChI is InChI=1S/C16H16BrClN6O/c1-2-19-12-6-14(21-22-15(12)18)23-7-10(8-23)24-13-5-9(17)3-4-11(13)20-16(24)25/h3-6,10H,2,7-8H2,1H3,(H,19,21)(H,20,25). The predicted molar refractivity (Wildman–Crippen MR) is 103 cm³/mol. The molecule has 0 amide bonds. The van der Waals surface area contributed by atoms with Gasteiger partial charge in [0.15, 0.2) is 11.0 Å². The third kappa shape index (κ3) is 2.89. The zero-order valence-electron chi connectivity index (χ0n) is 13.5. The first kappa shape index (κ1) is 16.4. The van der Waals surface area contributed by atoms with Crippen molar-refractivity contribution in [3.8, 4) is 0 Å². The molecule has 0 atom stereocenters. The summed E-state index contributed by atoms with van der Waals surface area (Å²) in [5, 5.41) is 11.7. The van der Waals surface area contributed by atoms with Crippen LogP contribution in [0.5, 0.6) is 0 Å². The van der Waals surface area contributed by atoms with Crippen LogP contribution in [0, 0.1) is 0 Å². The minimum absolute atomic E-state index is 0.0896. The smallest absolute Gasteiger partial charge is 0.326 e. The highest BCUT2D eigenvalue weighted by Gasteiger charge is 2.32. The fourth-order valence-corrected chi connectivity index (χ4v) is 3.61. The summed E-state index contributed by atoms with van der Waals surface area (Å²) in [7, 11) is 0. The summed E-state index contributed by atoms with van der Waals surface area (Å²) in [5.41, 5.74) is 2.42. The molecule has 4 rings (SSSR count). The summed E-state index contributed by atoms with van der Waals surface area (Å²) in [5.74, 6) is 0.755. The normalized spacial score (nSPS) is 14.8. The lowest BCUT2D eigenvalue weighted by atomic mass is 10.1. The molecule has 0 unspecified atom stereocenters. The van der Waals surface area contributed by atoms with E-state index >= 15 is 0 Å². The molecule has 0 radical (unpaired) electrons. The van der Waals surface area contributed by atoms with Crippen molar-refractivity contribution in [3.63, 3.8) is 0 Å². The van der Waals surface area contributed by atoms with Crippen LogP contribution in [0.15, 0.2) is 33.5 Å². The first-order valence-corrected chi connectivity index (χ1v) is 9.15. The Kier molecular flexibility index (Phi) is 4.16. The average molecular weight is 424 g/mol. The van der Waals surface area contributed by atoms with E-state index in [1.54, 1.807) is 0 Å². The highest BCUT2D eigenvalue weighted by atomic mass is 79.9. The van der Waals surface area contributed by atoms with Crippen LogP contribution in [0.1, 0.15) is 13.0 Å². The Hall–Kier alpha value is -2.06. The van der Waals surface area contributed by atoms with Gasteiger partial charge in [0.25, 0.3) is 0 Å². The maximum absolute atomic E-state index is 12.3. The highest BCUT2D eigenvalue weighted by molar-refractivity contribution is 9.10. The summed E-state index contributed by atoms with van der Waals surface area (Å²) < 4.78 is 2.76. The molecule has 0 saturated carbocycles. The van der Waals surface area contributed by atoms with Crippen LogP contribution in [-0.2, 0) is 0 Å². The van der Waals surface area contributed by atoms with Gasteiger partial charge in [-0.1, -0.05) is 27.5 Å². The summed E-state index contributed by atoms with van der Waals surface area (Å²) in [6, 6.07) is 7.77. The van der Waals surface area contributed by atoms with Crippen LogP contribution in [0.2, 0.25) is 5.15 Å². The van der Waals surface area contributed by atoms with Gasteiger partial charge in [0.1, 0.15) is 0 Å². The van der Waals surface area contributed by atoms with Gasteiger partial charge in [-0.3, -0.25) is 4.57 Å². The van der Waals surface area contributed by atoms with Crippen molar-refractivity contribution < 1.29 is 0 Å². The first-order chi connectivity index (χ1) is 12.1. The Morgan fingerprint density at radius 3 is 2.92 bits per heavy atom. The summed E-state index contributed by atoms with van der Waals surface area (Å²) in [6.45, 7) is 4.15. The van der Waals surface area contributed by atoms with E-state index in [2.05, 4.69) is 41.3 Å². The van der Waals surface area contributed by atoms with Crippen molar-refractivity contribution in [2.75, 3.05) is 29.9 Å². The molecule has 3 heterocycles. The molecule has 25 heavy (non-hydrogen) atoms. The second-order valence-corrected chi connectivity index (χ2v) is 7.23. The van der Waals surface area contributed by atoms with Gasteiger partial charge in [-0.25, -0.2) is 4.79 Å². The van der Waals surface area contributed by atoms with Crippen LogP contribution < -0.4 is 15.9 Å². The number of benzene rings is 1. The van der Waals surface area contributed by atoms with Gasteiger partial charge in [-0.15, -0.1) is 10.2 Å². The molecule has 0 aliphatic carbocycles. The number of anilines is 2. The molecular weight excluding hydrogens is 408 g/mol. The Bertz CT molecular complexity index is 994. The van der Waals surface area contributed by atoms with Gasteiger partial charge < -0.3 is 15.2 Å². The molecule has 9 heteroatoms. The zero-order valence-corrected chi connectivity index (χ0v) is 15.8. The lowest BCUT2D eigenvalue weighted by Crippen LogP contribution is -2.50. The number of imidazole rings is 1. The number of fused-ring (bicyclic) bond motifs is 1. The summed E-state index contributed by atoms with van der Waals surface area (Å²) in [6.07, 6.45) is 0. The Labute approximate surface area is 157 Å². The third-order valence-electron chi connectivity index (χ3n) is 4.33. The first-order valence-electron chi connectivity index (χ1n) is 7.98. The molecule has 2 aromatic heterocycles. The summed E-state index contributed by atoms with van der Waals surface area (Å²) >= 11 is 9.51. The van der Waals surface area contributed by atoms with E-state index in [0.717, 1.165) is 33.6 Å². The topological polar surface area (TPSA) is 78.8 Å². The molecular formula is C16H16BrClN6O. The molecule has 1 saturated heterocycles. The van der Waals surface area contributed by atoms with Gasteiger partial charge in [0, 0.05) is 30.2 Å². The molecule has 1 fully saturated rings. The maximum atomic E-state index is 12.3.